The molecule has 0 aliphatic carbocycles. The highest BCUT2D eigenvalue weighted by Gasteiger charge is 2.06. The number of nitrogens with zero attached hydrogens (tertiary/aromatic N) is 2. The maximum absolute atomic E-state index is 10.6. The van der Waals surface area contributed by atoms with E-state index in [1.807, 2.05) is 22.9 Å². The highest BCUT2D eigenvalue weighted by Crippen LogP contribution is 2.18. The van der Waals surface area contributed by atoms with Crippen LogP contribution in [0.15, 0.2) is 43.0 Å². The van der Waals surface area contributed by atoms with E-state index in [2.05, 4.69) is 22.1 Å². The Hall–Kier alpha value is -2.56. The average Bonchev–Trinajstić information content (AvgIpc) is 3.02. The lowest BCUT2D eigenvalue weighted by atomic mass is 10.1. The monoisotopic (exact) mass is 269 g/mol. The molecule has 0 saturated heterocycles. The van der Waals surface area contributed by atoms with Gasteiger partial charge >= 0.3 is 5.97 Å². The van der Waals surface area contributed by atoms with E-state index >= 15 is 0 Å². The Morgan fingerprint density at radius 1 is 1.35 bits per heavy atom. The van der Waals surface area contributed by atoms with E-state index in [1.54, 1.807) is 12.5 Å². The van der Waals surface area contributed by atoms with Gasteiger partial charge in [-0.15, -0.1) is 0 Å². The number of para-hydroxylation sites is 1. The molecule has 2 heterocycles. The number of hydrogen-bond donors (Lipinski definition) is 2. The van der Waals surface area contributed by atoms with Crippen molar-refractivity contribution in [3.05, 3.63) is 54.2 Å². The number of nitrogens with one attached hydrogen (secondary N) is 1. The van der Waals surface area contributed by atoms with Gasteiger partial charge in [0, 0.05) is 29.8 Å². The number of imidazole rings is 1. The first-order valence-corrected chi connectivity index (χ1v) is 6.50. The maximum atomic E-state index is 10.6. The summed E-state index contributed by atoms with van der Waals surface area (Å²) < 4.78 is 1.93. The summed E-state index contributed by atoms with van der Waals surface area (Å²) in [5.74, 6) is -0.855. The molecule has 102 valence electrons. The molecule has 0 aliphatic heterocycles. The maximum Gasteiger partial charge on any atom is 0.309 e. The first kappa shape index (κ1) is 12.5. The van der Waals surface area contributed by atoms with Gasteiger partial charge in [0.2, 0.25) is 0 Å². The molecule has 0 fully saturated rings. The van der Waals surface area contributed by atoms with E-state index in [4.69, 9.17) is 5.11 Å². The lowest BCUT2D eigenvalue weighted by molar-refractivity contribution is -0.136. The van der Waals surface area contributed by atoms with Crippen molar-refractivity contribution in [2.24, 2.45) is 0 Å². The van der Waals surface area contributed by atoms with Crippen molar-refractivity contribution in [1.82, 2.24) is 14.5 Å². The Kier molecular flexibility index (Phi) is 3.25. The number of fused-ring (bicyclic) bond motifs is 1. The van der Waals surface area contributed by atoms with Crippen molar-refractivity contribution in [1.29, 1.82) is 0 Å². The van der Waals surface area contributed by atoms with Crippen LogP contribution >= 0.6 is 0 Å². The second-order valence-electron chi connectivity index (χ2n) is 4.78. The van der Waals surface area contributed by atoms with E-state index in [-0.39, 0.29) is 6.42 Å². The van der Waals surface area contributed by atoms with Gasteiger partial charge in [0.1, 0.15) is 0 Å². The fourth-order valence-corrected chi connectivity index (χ4v) is 2.36. The Morgan fingerprint density at radius 2 is 2.20 bits per heavy atom. The molecule has 0 spiro atoms. The Balaban J connectivity index is 1.70. The van der Waals surface area contributed by atoms with Crippen LogP contribution in [-0.2, 0) is 24.2 Å². The van der Waals surface area contributed by atoms with Gasteiger partial charge in [0.15, 0.2) is 0 Å². The smallest absolute Gasteiger partial charge is 0.309 e. The van der Waals surface area contributed by atoms with Gasteiger partial charge in [0.05, 0.1) is 18.4 Å². The number of aryl methyl sites for hydroxylation is 2. The number of benzene rings is 1. The summed E-state index contributed by atoms with van der Waals surface area (Å²) in [5, 5.41) is 9.96. The van der Waals surface area contributed by atoms with Crippen LogP contribution in [0.1, 0.15) is 11.3 Å². The van der Waals surface area contributed by atoms with Gasteiger partial charge in [0.25, 0.3) is 0 Å². The van der Waals surface area contributed by atoms with Gasteiger partial charge in [-0.25, -0.2) is 4.98 Å². The quantitative estimate of drug-likeness (QED) is 0.746. The molecule has 3 rings (SSSR count). The summed E-state index contributed by atoms with van der Waals surface area (Å²) in [7, 11) is 0. The Labute approximate surface area is 115 Å². The van der Waals surface area contributed by atoms with Crippen molar-refractivity contribution in [2.45, 2.75) is 19.4 Å². The second-order valence-corrected chi connectivity index (χ2v) is 4.78. The van der Waals surface area contributed by atoms with Crippen LogP contribution in [-0.4, -0.2) is 25.6 Å². The third-order valence-electron chi connectivity index (χ3n) is 3.33. The van der Waals surface area contributed by atoms with Crippen molar-refractivity contribution >= 4 is 16.9 Å². The second kappa shape index (κ2) is 5.21. The summed E-state index contributed by atoms with van der Waals surface area (Å²) in [6, 6.07) is 8.20. The van der Waals surface area contributed by atoms with Gasteiger partial charge in [-0.2, -0.15) is 0 Å². The van der Waals surface area contributed by atoms with Crippen LogP contribution in [0, 0.1) is 0 Å². The Bertz CT molecular complexity index is 742. The summed E-state index contributed by atoms with van der Waals surface area (Å²) in [6.07, 6.45) is 6.36. The number of aliphatic carboxylic acids is 1. The number of aromatic nitrogens is 3. The van der Waals surface area contributed by atoms with Crippen LogP contribution in [0.4, 0.5) is 0 Å². The van der Waals surface area contributed by atoms with Crippen LogP contribution in [0.5, 0.6) is 0 Å². The zero-order valence-electron chi connectivity index (χ0n) is 10.9. The predicted octanol–water partition coefficient (Wildman–Crippen LogP) is 2.23. The van der Waals surface area contributed by atoms with E-state index in [0.717, 1.165) is 18.5 Å². The third kappa shape index (κ3) is 2.56. The van der Waals surface area contributed by atoms with Crippen molar-refractivity contribution < 1.29 is 9.90 Å². The Morgan fingerprint density at radius 3 is 3.05 bits per heavy atom. The number of rotatable bonds is 5. The standard InChI is InChI=1S/C15H15N3O2/c19-15(20)7-12-9-18(10-17-12)6-5-11-8-16-14-4-2-1-3-13(11)14/h1-4,8-10,16H,5-7H2,(H,19,20). The van der Waals surface area contributed by atoms with E-state index < -0.39 is 5.97 Å². The van der Waals surface area contributed by atoms with Crippen molar-refractivity contribution in [2.75, 3.05) is 0 Å². The normalized spacial score (nSPS) is 11.0. The van der Waals surface area contributed by atoms with Crippen LogP contribution in [0.3, 0.4) is 0 Å². The number of carbonyl (C=O) groups is 1. The minimum atomic E-state index is -0.855. The van der Waals surface area contributed by atoms with Gasteiger partial charge in [-0.3, -0.25) is 4.79 Å². The number of carboxylic acid groups (broad SMARTS) is 1. The topological polar surface area (TPSA) is 70.9 Å². The fourth-order valence-electron chi connectivity index (χ4n) is 2.36. The van der Waals surface area contributed by atoms with Crippen LogP contribution < -0.4 is 0 Å². The summed E-state index contributed by atoms with van der Waals surface area (Å²) >= 11 is 0. The lowest BCUT2D eigenvalue weighted by Crippen LogP contribution is -2.01. The highest BCUT2D eigenvalue weighted by atomic mass is 16.4. The molecule has 0 bridgehead atoms. The van der Waals surface area contributed by atoms with E-state index in [1.165, 1.54) is 10.9 Å². The molecule has 0 amide bonds. The molecule has 0 unspecified atom stereocenters. The number of H-pyrrole nitrogens is 1. The molecular formula is C15H15N3O2. The molecule has 20 heavy (non-hydrogen) atoms. The summed E-state index contributed by atoms with van der Waals surface area (Å²) in [5.41, 5.74) is 2.99. The molecule has 2 N–H and O–H groups in total. The molecule has 5 heteroatoms. The first-order valence-electron chi connectivity index (χ1n) is 6.50. The van der Waals surface area contributed by atoms with E-state index in [9.17, 15) is 4.79 Å². The largest absolute Gasteiger partial charge is 0.481 e. The van der Waals surface area contributed by atoms with Crippen LogP contribution in [0.2, 0.25) is 0 Å². The third-order valence-corrected chi connectivity index (χ3v) is 3.33. The molecule has 1 aromatic carbocycles. The zero-order chi connectivity index (χ0) is 13.9. The fraction of sp³-hybridized carbons (Fsp3) is 0.200. The number of hydrogen-bond acceptors (Lipinski definition) is 2. The van der Waals surface area contributed by atoms with Crippen molar-refractivity contribution in [3.63, 3.8) is 0 Å². The summed E-state index contributed by atoms with van der Waals surface area (Å²) in [4.78, 5) is 18.0. The minimum absolute atomic E-state index is 0.0277. The first-order chi connectivity index (χ1) is 9.72. The van der Waals surface area contributed by atoms with E-state index in [0.29, 0.717) is 5.69 Å². The molecule has 0 radical (unpaired) electrons. The zero-order valence-corrected chi connectivity index (χ0v) is 10.9. The molecule has 0 saturated carbocycles. The van der Waals surface area contributed by atoms with Gasteiger partial charge < -0.3 is 14.7 Å². The molecular weight excluding hydrogens is 254 g/mol. The minimum Gasteiger partial charge on any atom is -0.481 e. The average molecular weight is 269 g/mol. The van der Waals surface area contributed by atoms with Gasteiger partial charge in [-0.05, 0) is 18.1 Å². The highest BCUT2D eigenvalue weighted by molar-refractivity contribution is 5.82. The van der Waals surface area contributed by atoms with Crippen molar-refractivity contribution in [3.8, 4) is 0 Å². The summed E-state index contributed by atoms with van der Waals surface area (Å²) in [6.45, 7) is 0.786. The number of carboxylic acids is 1. The number of aromatic amines is 1. The lowest BCUT2D eigenvalue weighted by Gasteiger charge is -2.01. The molecule has 5 nitrogen and oxygen atoms in total. The SMILES string of the molecule is O=C(O)Cc1cn(CCc2c[nH]c3ccccc23)cn1. The predicted molar refractivity (Wildman–Crippen MR) is 75.6 cm³/mol. The molecule has 3 aromatic rings. The molecule has 0 aliphatic rings. The van der Waals surface area contributed by atoms with Crippen LogP contribution in [0.25, 0.3) is 10.9 Å². The molecule has 0 atom stereocenters. The molecule has 2 aromatic heterocycles. The van der Waals surface area contributed by atoms with Gasteiger partial charge in [-0.1, -0.05) is 18.2 Å².